The number of benzene rings is 2. The lowest BCUT2D eigenvalue weighted by atomic mass is 10.1. The van der Waals surface area contributed by atoms with Gasteiger partial charge >= 0.3 is 0 Å². The monoisotopic (exact) mass is 386 g/mol. The summed E-state index contributed by atoms with van der Waals surface area (Å²) in [5.41, 5.74) is 1.15. The average Bonchev–Trinajstić information content (AvgIpc) is 2.68. The standard InChI is InChI=1S/C20H22N2O4S/c1-15(23)21-17-9-7-16(8-10-17)20(24)22-13-11-19(12-14-22)27(25,26)18-5-3-2-4-6-18/h2-10,19H,11-14H2,1H3,(H,21,23). The Morgan fingerprint density at radius 3 is 2.11 bits per heavy atom. The molecule has 2 aromatic rings. The van der Waals surface area contributed by atoms with E-state index in [1.165, 1.54) is 6.92 Å². The number of hydrogen-bond acceptors (Lipinski definition) is 4. The van der Waals surface area contributed by atoms with E-state index in [0.29, 0.717) is 42.1 Å². The Bertz CT molecular complexity index is 916. The Kier molecular flexibility index (Phi) is 5.60. The summed E-state index contributed by atoms with van der Waals surface area (Å²) in [7, 11) is -3.37. The number of carbonyl (C=O) groups is 2. The molecule has 7 heteroatoms. The van der Waals surface area contributed by atoms with Crippen LogP contribution in [-0.2, 0) is 14.6 Å². The van der Waals surface area contributed by atoms with Crippen molar-refractivity contribution < 1.29 is 18.0 Å². The van der Waals surface area contributed by atoms with Gasteiger partial charge in [-0.3, -0.25) is 9.59 Å². The molecule has 1 saturated heterocycles. The van der Waals surface area contributed by atoms with Crippen molar-refractivity contribution in [2.24, 2.45) is 0 Å². The van der Waals surface area contributed by atoms with Crippen molar-refractivity contribution in [1.29, 1.82) is 0 Å². The summed E-state index contributed by atoms with van der Waals surface area (Å²) >= 11 is 0. The number of likely N-dealkylation sites (tertiary alicyclic amines) is 1. The molecule has 0 aromatic heterocycles. The van der Waals surface area contributed by atoms with Crippen LogP contribution >= 0.6 is 0 Å². The highest BCUT2D eigenvalue weighted by atomic mass is 32.2. The molecule has 0 saturated carbocycles. The number of nitrogens with zero attached hydrogens (tertiary/aromatic N) is 1. The van der Waals surface area contributed by atoms with Gasteiger partial charge in [0.25, 0.3) is 5.91 Å². The molecule has 2 amide bonds. The van der Waals surface area contributed by atoms with Gasteiger partial charge in [0.15, 0.2) is 9.84 Å². The Morgan fingerprint density at radius 1 is 0.963 bits per heavy atom. The first-order chi connectivity index (χ1) is 12.9. The third-order valence-corrected chi connectivity index (χ3v) is 6.97. The Labute approximate surface area is 159 Å². The maximum atomic E-state index is 12.7. The van der Waals surface area contributed by atoms with Crippen LogP contribution in [0.2, 0.25) is 0 Å². The van der Waals surface area contributed by atoms with Gasteiger partial charge in [0.05, 0.1) is 10.1 Å². The molecule has 3 rings (SSSR count). The van der Waals surface area contributed by atoms with Gasteiger partial charge in [-0.1, -0.05) is 18.2 Å². The molecule has 2 aromatic carbocycles. The highest BCUT2D eigenvalue weighted by Crippen LogP contribution is 2.25. The molecule has 0 radical (unpaired) electrons. The van der Waals surface area contributed by atoms with E-state index in [1.807, 2.05) is 0 Å². The SMILES string of the molecule is CC(=O)Nc1ccc(C(=O)N2CCC(S(=O)(=O)c3ccccc3)CC2)cc1. The largest absolute Gasteiger partial charge is 0.339 e. The van der Waals surface area contributed by atoms with Gasteiger partial charge in [-0.25, -0.2) is 8.42 Å². The number of carbonyl (C=O) groups excluding carboxylic acids is 2. The van der Waals surface area contributed by atoms with Crippen molar-refractivity contribution in [2.45, 2.75) is 29.9 Å². The van der Waals surface area contributed by atoms with Crippen LogP contribution in [0.3, 0.4) is 0 Å². The number of amides is 2. The summed E-state index contributed by atoms with van der Waals surface area (Å²) in [5.74, 6) is -0.296. The van der Waals surface area contributed by atoms with Gasteiger partial charge < -0.3 is 10.2 Å². The van der Waals surface area contributed by atoms with Crippen LogP contribution in [-0.4, -0.2) is 43.5 Å². The zero-order valence-corrected chi connectivity index (χ0v) is 15.9. The summed E-state index contributed by atoms with van der Waals surface area (Å²) in [4.78, 5) is 25.7. The number of piperidine rings is 1. The molecule has 0 unspecified atom stereocenters. The van der Waals surface area contributed by atoms with E-state index < -0.39 is 15.1 Å². The van der Waals surface area contributed by atoms with Crippen molar-refractivity contribution in [1.82, 2.24) is 4.90 Å². The molecule has 1 aliphatic rings. The smallest absolute Gasteiger partial charge is 0.253 e. The number of hydrogen-bond donors (Lipinski definition) is 1. The maximum Gasteiger partial charge on any atom is 0.253 e. The van der Waals surface area contributed by atoms with E-state index in [9.17, 15) is 18.0 Å². The number of rotatable bonds is 4. The van der Waals surface area contributed by atoms with E-state index in [1.54, 1.807) is 59.5 Å². The molecule has 1 fully saturated rings. The molecular weight excluding hydrogens is 364 g/mol. The van der Waals surface area contributed by atoms with Crippen LogP contribution in [0, 0.1) is 0 Å². The van der Waals surface area contributed by atoms with Gasteiger partial charge in [0, 0.05) is 31.3 Å². The quantitative estimate of drug-likeness (QED) is 0.876. The Balaban J connectivity index is 1.63. The van der Waals surface area contributed by atoms with E-state index in [-0.39, 0.29) is 11.8 Å². The van der Waals surface area contributed by atoms with Crippen LogP contribution in [0.1, 0.15) is 30.1 Å². The fourth-order valence-electron chi connectivity index (χ4n) is 3.25. The van der Waals surface area contributed by atoms with Crippen molar-refractivity contribution in [3.05, 3.63) is 60.2 Å². The van der Waals surface area contributed by atoms with Crippen LogP contribution < -0.4 is 5.32 Å². The molecule has 0 spiro atoms. The third kappa shape index (κ3) is 4.36. The van der Waals surface area contributed by atoms with Gasteiger partial charge in [-0.15, -0.1) is 0 Å². The second-order valence-electron chi connectivity index (χ2n) is 6.61. The molecule has 0 aliphatic carbocycles. The summed E-state index contributed by atoms with van der Waals surface area (Å²) in [6.07, 6.45) is 0.847. The van der Waals surface area contributed by atoms with Crippen molar-refractivity contribution >= 4 is 27.3 Å². The lowest BCUT2D eigenvalue weighted by Gasteiger charge is -2.31. The summed E-state index contributed by atoms with van der Waals surface area (Å²) in [6.45, 7) is 2.23. The lowest BCUT2D eigenvalue weighted by molar-refractivity contribution is -0.114. The number of sulfone groups is 1. The van der Waals surface area contributed by atoms with Crippen molar-refractivity contribution in [2.75, 3.05) is 18.4 Å². The zero-order valence-electron chi connectivity index (χ0n) is 15.1. The lowest BCUT2D eigenvalue weighted by Crippen LogP contribution is -2.42. The summed E-state index contributed by atoms with van der Waals surface area (Å²) in [5, 5.41) is 2.19. The van der Waals surface area contributed by atoms with Crippen LogP contribution in [0.25, 0.3) is 0 Å². The molecule has 6 nitrogen and oxygen atoms in total. The van der Waals surface area contributed by atoms with E-state index in [2.05, 4.69) is 5.32 Å². The third-order valence-electron chi connectivity index (χ3n) is 4.69. The highest BCUT2D eigenvalue weighted by Gasteiger charge is 2.32. The molecule has 1 heterocycles. The summed E-state index contributed by atoms with van der Waals surface area (Å²) < 4.78 is 25.4. The molecule has 27 heavy (non-hydrogen) atoms. The molecule has 1 N–H and O–H groups in total. The van der Waals surface area contributed by atoms with E-state index in [4.69, 9.17) is 0 Å². The second-order valence-corrected chi connectivity index (χ2v) is 8.84. The van der Waals surface area contributed by atoms with Gasteiger partial charge in [-0.05, 0) is 49.2 Å². The molecular formula is C20H22N2O4S. The average molecular weight is 386 g/mol. The van der Waals surface area contributed by atoms with Gasteiger partial charge in [-0.2, -0.15) is 0 Å². The Morgan fingerprint density at radius 2 is 1.56 bits per heavy atom. The fourth-order valence-corrected chi connectivity index (χ4v) is 5.01. The topological polar surface area (TPSA) is 83.6 Å². The van der Waals surface area contributed by atoms with E-state index in [0.717, 1.165) is 0 Å². The molecule has 0 atom stereocenters. The van der Waals surface area contributed by atoms with Crippen LogP contribution in [0.5, 0.6) is 0 Å². The highest BCUT2D eigenvalue weighted by molar-refractivity contribution is 7.92. The molecule has 0 bridgehead atoms. The second kappa shape index (κ2) is 7.92. The predicted octanol–water partition coefficient (Wildman–Crippen LogP) is 2.72. The first-order valence-corrected chi connectivity index (χ1v) is 10.4. The zero-order chi connectivity index (χ0) is 19.4. The van der Waals surface area contributed by atoms with Crippen LogP contribution in [0.15, 0.2) is 59.5 Å². The maximum absolute atomic E-state index is 12.7. The van der Waals surface area contributed by atoms with Gasteiger partial charge in [0.1, 0.15) is 0 Å². The predicted molar refractivity (Wildman–Crippen MR) is 103 cm³/mol. The normalized spacial score (nSPS) is 15.4. The van der Waals surface area contributed by atoms with Crippen LogP contribution in [0.4, 0.5) is 5.69 Å². The molecule has 1 aliphatic heterocycles. The minimum absolute atomic E-state index is 0.125. The molecule has 142 valence electrons. The van der Waals surface area contributed by atoms with Crippen molar-refractivity contribution in [3.8, 4) is 0 Å². The van der Waals surface area contributed by atoms with Crippen molar-refractivity contribution in [3.63, 3.8) is 0 Å². The fraction of sp³-hybridized carbons (Fsp3) is 0.300. The first kappa shape index (κ1) is 19.1. The number of anilines is 1. The number of nitrogens with one attached hydrogen (secondary N) is 1. The van der Waals surface area contributed by atoms with E-state index >= 15 is 0 Å². The summed E-state index contributed by atoms with van der Waals surface area (Å²) in [6, 6.07) is 15.2. The van der Waals surface area contributed by atoms with Gasteiger partial charge in [0.2, 0.25) is 5.91 Å². The Hall–Kier alpha value is -2.67. The minimum atomic E-state index is -3.37. The minimum Gasteiger partial charge on any atom is -0.339 e. The first-order valence-electron chi connectivity index (χ1n) is 8.84.